The van der Waals surface area contributed by atoms with Gasteiger partial charge in [0.1, 0.15) is 0 Å². The Balaban J connectivity index is 2.05. The minimum atomic E-state index is -0.883. The molecule has 17 heavy (non-hydrogen) atoms. The molecule has 0 radical (unpaired) electrons. The van der Waals surface area contributed by atoms with E-state index in [0.717, 1.165) is 24.6 Å². The molecule has 2 rings (SSSR count). The molecule has 1 fully saturated rings. The first-order chi connectivity index (χ1) is 8.11. The van der Waals surface area contributed by atoms with E-state index >= 15 is 0 Å². The SMILES string of the molecule is COC1CC(n2c(N)nnc2SCC(=O)O)C1. The zero-order valence-corrected chi connectivity index (χ0v) is 10.2. The second-order valence-electron chi connectivity index (χ2n) is 3.88. The summed E-state index contributed by atoms with van der Waals surface area (Å²) in [4.78, 5) is 10.5. The third-order valence-corrected chi connectivity index (χ3v) is 3.71. The highest BCUT2D eigenvalue weighted by Gasteiger charge is 2.33. The van der Waals surface area contributed by atoms with E-state index < -0.39 is 5.97 Å². The summed E-state index contributed by atoms with van der Waals surface area (Å²) in [5.41, 5.74) is 5.73. The number of hydrogen-bond acceptors (Lipinski definition) is 6. The molecular weight excluding hydrogens is 244 g/mol. The Morgan fingerprint density at radius 1 is 1.65 bits per heavy atom. The smallest absolute Gasteiger partial charge is 0.313 e. The van der Waals surface area contributed by atoms with E-state index in [-0.39, 0.29) is 17.9 Å². The molecule has 0 unspecified atom stereocenters. The second-order valence-corrected chi connectivity index (χ2v) is 4.82. The Labute approximate surface area is 102 Å². The number of aromatic nitrogens is 3. The number of ether oxygens (including phenoxy) is 1. The fraction of sp³-hybridized carbons (Fsp3) is 0.667. The molecule has 1 aliphatic carbocycles. The minimum absolute atomic E-state index is 0.0431. The predicted molar refractivity (Wildman–Crippen MR) is 61.9 cm³/mol. The van der Waals surface area contributed by atoms with E-state index in [2.05, 4.69) is 10.2 Å². The highest BCUT2D eigenvalue weighted by atomic mass is 32.2. The molecule has 1 aromatic heterocycles. The molecule has 0 bridgehead atoms. The number of nitrogen functional groups attached to an aromatic ring is 1. The molecule has 94 valence electrons. The normalized spacial score (nSPS) is 23.4. The summed E-state index contributed by atoms with van der Waals surface area (Å²) in [5.74, 6) is -0.595. The maximum absolute atomic E-state index is 10.5. The lowest BCUT2D eigenvalue weighted by Crippen LogP contribution is -2.33. The summed E-state index contributed by atoms with van der Waals surface area (Å²) >= 11 is 1.13. The maximum Gasteiger partial charge on any atom is 0.313 e. The first-order valence-corrected chi connectivity index (χ1v) is 6.18. The van der Waals surface area contributed by atoms with Gasteiger partial charge in [0.05, 0.1) is 11.9 Å². The fourth-order valence-electron chi connectivity index (χ4n) is 1.80. The van der Waals surface area contributed by atoms with E-state index in [1.807, 2.05) is 0 Å². The summed E-state index contributed by atoms with van der Waals surface area (Å²) in [6.45, 7) is 0. The number of carboxylic acids is 1. The van der Waals surface area contributed by atoms with Gasteiger partial charge in [0, 0.05) is 13.2 Å². The number of carboxylic acid groups (broad SMARTS) is 1. The molecule has 3 N–H and O–H groups in total. The van der Waals surface area contributed by atoms with Crippen molar-refractivity contribution >= 4 is 23.7 Å². The quantitative estimate of drug-likeness (QED) is 0.736. The first kappa shape index (κ1) is 12.2. The van der Waals surface area contributed by atoms with Crippen molar-refractivity contribution < 1.29 is 14.6 Å². The van der Waals surface area contributed by atoms with Crippen molar-refractivity contribution in [1.82, 2.24) is 14.8 Å². The number of aliphatic carboxylic acids is 1. The average Bonchev–Trinajstić information content (AvgIpc) is 2.57. The number of anilines is 1. The van der Waals surface area contributed by atoms with Gasteiger partial charge in [0.15, 0.2) is 5.16 Å². The number of rotatable bonds is 5. The van der Waals surface area contributed by atoms with E-state index in [9.17, 15) is 4.79 Å². The van der Waals surface area contributed by atoms with E-state index in [1.165, 1.54) is 0 Å². The van der Waals surface area contributed by atoms with Crippen LogP contribution in [0.1, 0.15) is 18.9 Å². The molecule has 0 aliphatic heterocycles. The lowest BCUT2D eigenvalue weighted by Gasteiger charge is -2.35. The average molecular weight is 258 g/mol. The van der Waals surface area contributed by atoms with Crippen LogP contribution in [-0.4, -0.2) is 44.8 Å². The summed E-state index contributed by atoms with van der Waals surface area (Å²) in [6, 6.07) is 0.214. The Hall–Kier alpha value is -1.28. The highest BCUT2D eigenvalue weighted by Crippen LogP contribution is 2.37. The molecule has 0 atom stereocenters. The van der Waals surface area contributed by atoms with Crippen molar-refractivity contribution in [1.29, 1.82) is 0 Å². The third-order valence-electron chi connectivity index (χ3n) is 2.78. The Bertz CT molecular complexity index is 416. The summed E-state index contributed by atoms with van der Waals surface area (Å²) < 4.78 is 6.99. The van der Waals surface area contributed by atoms with Crippen molar-refractivity contribution in [2.24, 2.45) is 0 Å². The molecule has 1 heterocycles. The van der Waals surface area contributed by atoms with Crippen LogP contribution in [0.2, 0.25) is 0 Å². The van der Waals surface area contributed by atoms with Gasteiger partial charge in [-0.15, -0.1) is 10.2 Å². The van der Waals surface area contributed by atoms with Crippen LogP contribution in [0.5, 0.6) is 0 Å². The summed E-state index contributed by atoms with van der Waals surface area (Å²) in [7, 11) is 1.68. The van der Waals surface area contributed by atoms with E-state index in [4.69, 9.17) is 15.6 Å². The molecule has 0 spiro atoms. The number of nitrogens with zero attached hydrogens (tertiary/aromatic N) is 3. The van der Waals surface area contributed by atoms with Gasteiger partial charge in [0.25, 0.3) is 0 Å². The lowest BCUT2D eigenvalue weighted by molar-refractivity contribution is -0.133. The van der Waals surface area contributed by atoms with Gasteiger partial charge in [-0.05, 0) is 12.8 Å². The van der Waals surface area contributed by atoms with Gasteiger partial charge in [-0.3, -0.25) is 9.36 Å². The highest BCUT2D eigenvalue weighted by molar-refractivity contribution is 7.99. The van der Waals surface area contributed by atoms with Gasteiger partial charge in [-0.25, -0.2) is 0 Å². The van der Waals surface area contributed by atoms with Gasteiger partial charge >= 0.3 is 5.97 Å². The number of methoxy groups -OCH3 is 1. The van der Waals surface area contributed by atoms with Gasteiger partial charge < -0.3 is 15.6 Å². The Morgan fingerprint density at radius 2 is 2.35 bits per heavy atom. The van der Waals surface area contributed by atoms with Crippen molar-refractivity contribution in [3.05, 3.63) is 0 Å². The second kappa shape index (κ2) is 4.92. The number of thioether (sulfide) groups is 1. The Kier molecular flexibility index (Phi) is 3.53. The van der Waals surface area contributed by atoms with E-state index in [1.54, 1.807) is 11.7 Å². The van der Waals surface area contributed by atoms with E-state index in [0.29, 0.717) is 11.1 Å². The Morgan fingerprint density at radius 3 is 2.94 bits per heavy atom. The minimum Gasteiger partial charge on any atom is -0.481 e. The van der Waals surface area contributed by atoms with Crippen LogP contribution in [0, 0.1) is 0 Å². The van der Waals surface area contributed by atoms with Crippen molar-refractivity contribution in [2.75, 3.05) is 18.6 Å². The third kappa shape index (κ3) is 2.52. The molecule has 0 amide bonds. The topological polar surface area (TPSA) is 103 Å². The molecular formula is C9H14N4O3S. The molecule has 1 aromatic rings. The first-order valence-electron chi connectivity index (χ1n) is 5.19. The molecule has 1 aliphatic rings. The number of carbonyl (C=O) groups is 1. The summed E-state index contributed by atoms with van der Waals surface area (Å²) in [6.07, 6.45) is 1.97. The maximum atomic E-state index is 10.5. The predicted octanol–water partition coefficient (Wildman–Crippen LogP) is 0.387. The standard InChI is InChI=1S/C9H14N4O3S/c1-16-6-2-5(3-6)13-8(10)11-12-9(13)17-4-7(14)15/h5-6H,2-4H2,1H3,(H2,10,11)(H,14,15). The van der Waals surface area contributed by atoms with Gasteiger partial charge in [-0.1, -0.05) is 11.8 Å². The molecule has 0 saturated heterocycles. The van der Waals surface area contributed by atoms with Crippen LogP contribution in [0.4, 0.5) is 5.95 Å². The molecule has 1 saturated carbocycles. The van der Waals surface area contributed by atoms with Gasteiger partial charge in [-0.2, -0.15) is 0 Å². The van der Waals surface area contributed by atoms with Crippen molar-refractivity contribution in [3.8, 4) is 0 Å². The van der Waals surface area contributed by atoms with Gasteiger partial charge in [0.2, 0.25) is 5.95 Å². The fourth-order valence-corrected chi connectivity index (χ4v) is 2.53. The van der Waals surface area contributed by atoms with Crippen LogP contribution in [0.25, 0.3) is 0 Å². The van der Waals surface area contributed by atoms with Crippen LogP contribution >= 0.6 is 11.8 Å². The zero-order valence-electron chi connectivity index (χ0n) is 9.37. The van der Waals surface area contributed by atoms with Crippen LogP contribution < -0.4 is 5.73 Å². The van der Waals surface area contributed by atoms with Crippen LogP contribution in [-0.2, 0) is 9.53 Å². The largest absolute Gasteiger partial charge is 0.481 e. The monoisotopic (exact) mass is 258 g/mol. The molecule has 0 aromatic carbocycles. The molecule has 8 heteroatoms. The molecule has 7 nitrogen and oxygen atoms in total. The van der Waals surface area contributed by atoms with Crippen LogP contribution in [0.3, 0.4) is 0 Å². The zero-order chi connectivity index (χ0) is 12.4. The lowest BCUT2D eigenvalue weighted by atomic mass is 9.89. The summed E-state index contributed by atoms with van der Waals surface area (Å²) in [5, 5.41) is 16.9. The van der Waals surface area contributed by atoms with Crippen molar-refractivity contribution in [2.45, 2.75) is 30.1 Å². The number of hydrogen-bond donors (Lipinski definition) is 2. The van der Waals surface area contributed by atoms with Crippen molar-refractivity contribution in [3.63, 3.8) is 0 Å². The van der Waals surface area contributed by atoms with Crippen LogP contribution in [0.15, 0.2) is 5.16 Å². The number of nitrogens with two attached hydrogens (primary N) is 1.